The van der Waals surface area contributed by atoms with E-state index in [0.717, 1.165) is 27.9 Å². The molecule has 2 aliphatic heterocycles. The second-order valence-electron chi connectivity index (χ2n) is 16.7. The maximum Gasteiger partial charge on any atom is 0.308 e. The van der Waals surface area contributed by atoms with Gasteiger partial charge >= 0.3 is 5.97 Å². The minimum absolute atomic E-state index is 0. The largest absolute Gasteiger partial charge is 0.462 e. The molecule has 3 aromatic rings. The zero-order valence-corrected chi connectivity index (χ0v) is 35.7. The van der Waals surface area contributed by atoms with Crippen LogP contribution in [-0.2, 0) is 30.3 Å². The van der Waals surface area contributed by atoms with Gasteiger partial charge < -0.3 is 44.4 Å². The number of likely N-dealkylation sites (N-methyl/N-ethyl adjacent to an activating group) is 1. The first-order valence-corrected chi connectivity index (χ1v) is 20.8. The molecule has 1 saturated heterocycles. The monoisotopic (exact) mass is 837 g/mol. The van der Waals surface area contributed by atoms with Crippen LogP contribution in [0, 0.1) is 23.7 Å². The Morgan fingerprint density at radius 1 is 1.02 bits per heavy atom. The van der Waals surface area contributed by atoms with Crippen molar-refractivity contribution in [1.82, 2.24) is 29.8 Å². The number of hydrogen-bond donors (Lipinski definition) is 4. The van der Waals surface area contributed by atoms with Gasteiger partial charge in [0, 0.05) is 35.9 Å². The van der Waals surface area contributed by atoms with E-state index in [1.165, 1.54) is 6.08 Å². The summed E-state index contributed by atoms with van der Waals surface area (Å²) in [6.07, 6.45) is 2.80. The fourth-order valence-electron chi connectivity index (χ4n) is 8.37. The molecule has 60 heavy (non-hydrogen) atoms. The predicted octanol–water partition coefficient (Wildman–Crippen LogP) is 4.10. The third-order valence-electron chi connectivity index (χ3n) is 11.9. The molecule has 5 rings (SSSR count). The van der Waals surface area contributed by atoms with Crippen LogP contribution in [0.4, 0.5) is 0 Å². The van der Waals surface area contributed by atoms with E-state index >= 15 is 0 Å². The molecular formula is C45H68N6O9. The fraction of sp³-hybridized carbons (Fsp3) is 0.622. The van der Waals surface area contributed by atoms with Crippen molar-refractivity contribution in [2.24, 2.45) is 23.7 Å². The van der Waals surface area contributed by atoms with Gasteiger partial charge in [0.15, 0.2) is 12.1 Å². The number of benzene rings is 1. The molecule has 0 amide bonds. The Bertz CT molecular complexity index is 1900. The van der Waals surface area contributed by atoms with Gasteiger partial charge in [0.1, 0.15) is 12.2 Å². The average molecular weight is 837 g/mol. The van der Waals surface area contributed by atoms with Gasteiger partial charge in [-0.1, -0.05) is 57.2 Å². The number of aliphatic hydroxyl groups is 4. The highest BCUT2D eigenvalue weighted by molar-refractivity contribution is 5.91. The van der Waals surface area contributed by atoms with Crippen LogP contribution < -0.4 is 0 Å². The third-order valence-corrected chi connectivity index (χ3v) is 11.9. The van der Waals surface area contributed by atoms with Crippen molar-refractivity contribution in [3.8, 4) is 5.69 Å². The molecule has 1 fully saturated rings. The number of cyclic esters (lactones) is 1. The summed E-state index contributed by atoms with van der Waals surface area (Å²) in [4.78, 5) is 35.4. The van der Waals surface area contributed by atoms with Crippen molar-refractivity contribution < 1.29 is 44.2 Å². The molecule has 4 N–H and O–H groups in total. The van der Waals surface area contributed by atoms with Crippen LogP contribution >= 0.6 is 0 Å². The van der Waals surface area contributed by atoms with Gasteiger partial charge in [-0.25, -0.2) is 4.68 Å². The summed E-state index contributed by atoms with van der Waals surface area (Å²) in [5, 5.41) is 54.3. The number of esters is 1. The number of pyridine rings is 1. The molecule has 1 aromatic carbocycles. The second kappa shape index (κ2) is 22.2. The number of aromatic nitrogens is 4. The lowest BCUT2D eigenvalue weighted by Crippen LogP contribution is -2.63. The maximum atomic E-state index is 13.7. The van der Waals surface area contributed by atoms with Crippen LogP contribution in [0.3, 0.4) is 0 Å². The molecule has 15 heteroatoms. The van der Waals surface area contributed by atoms with Crippen molar-refractivity contribution in [3.63, 3.8) is 0 Å². The van der Waals surface area contributed by atoms with Crippen molar-refractivity contribution in [2.75, 3.05) is 34.3 Å². The molecule has 0 aliphatic carbocycles. The van der Waals surface area contributed by atoms with Crippen LogP contribution in [0.5, 0.6) is 0 Å². The number of allylic oxidation sites excluding steroid dienone is 3. The predicted molar refractivity (Wildman–Crippen MR) is 229 cm³/mol. The van der Waals surface area contributed by atoms with E-state index in [2.05, 4.69) is 20.2 Å². The van der Waals surface area contributed by atoms with E-state index in [-0.39, 0.29) is 32.2 Å². The van der Waals surface area contributed by atoms with E-state index in [0.29, 0.717) is 32.4 Å². The van der Waals surface area contributed by atoms with Crippen molar-refractivity contribution >= 4 is 22.7 Å². The number of ketones is 1. The van der Waals surface area contributed by atoms with Gasteiger partial charge in [-0.15, -0.1) is 5.10 Å². The minimum Gasteiger partial charge on any atom is -0.462 e. The van der Waals surface area contributed by atoms with Crippen LogP contribution in [0.15, 0.2) is 66.5 Å². The zero-order valence-electron chi connectivity index (χ0n) is 35.7. The Hall–Kier alpha value is -3.93. The molecule has 15 nitrogen and oxygen atoms in total. The molecule has 0 saturated carbocycles. The van der Waals surface area contributed by atoms with Gasteiger partial charge in [-0.3, -0.25) is 14.6 Å². The van der Waals surface area contributed by atoms with E-state index in [9.17, 15) is 30.0 Å². The van der Waals surface area contributed by atoms with Crippen molar-refractivity contribution in [2.45, 2.75) is 123 Å². The summed E-state index contributed by atoms with van der Waals surface area (Å²) in [7, 11) is 5.49. The molecule has 4 heterocycles. The number of carbonyl (C=O) groups excluding carboxylic acids is 2. The molecule has 0 spiro atoms. The Kier molecular flexibility index (Phi) is 18.1. The number of carbonyl (C=O) groups is 2. The SMILES string of the molecule is C.CC[C@H]1OC(=O)C[C@@H](O)[C@H](C)[C@@H](O[C@@H]2O[C@H](C)[C@@H](O)C(N(C)C)C2O)[C@@H](CCN(C)Cc2cn(-c3cccc4ncccc34)nn2)C[C@@H](C)C(=O)/C=C/C(C)=C/[C@@H]1CO. The number of rotatable bonds is 11. The summed E-state index contributed by atoms with van der Waals surface area (Å²) in [6.45, 7) is 9.77. The first kappa shape index (κ1) is 48.7. The quantitative estimate of drug-likeness (QED) is 0.202. The van der Waals surface area contributed by atoms with E-state index in [1.54, 1.807) is 55.9 Å². The first-order valence-electron chi connectivity index (χ1n) is 20.8. The summed E-state index contributed by atoms with van der Waals surface area (Å²) < 4.78 is 20.4. The lowest BCUT2D eigenvalue weighted by molar-refractivity contribution is -0.304. The zero-order chi connectivity index (χ0) is 43.0. The van der Waals surface area contributed by atoms with E-state index in [1.807, 2.05) is 64.3 Å². The number of nitrogens with zero attached hydrogens (tertiary/aromatic N) is 6. The fourth-order valence-corrected chi connectivity index (χ4v) is 8.37. The van der Waals surface area contributed by atoms with Crippen LogP contribution in [0.1, 0.15) is 73.4 Å². The summed E-state index contributed by atoms with van der Waals surface area (Å²) in [5.74, 6) is -2.78. The van der Waals surface area contributed by atoms with E-state index < -0.39 is 72.7 Å². The molecule has 332 valence electrons. The van der Waals surface area contributed by atoms with Gasteiger partial charge in [0.2, 0.25) is 0 Å². The van der Waals surface area contributed by atoms with E-state index in [4.69, 9.17) is 14.2 Å². The normalized spacial score (nSPS) is 32.7. The maximum absolute atomic E-state index is 13.7. The summed E-state index contributed by atoms with van der Waals surface area (Å²) in [6, 6.07) is 9.02. The molecule has 2 unspecified atom stereocenters. The highest BCUT2D eigenvalue weighted by atomic mass is 16.7. The van der Waals surface area contributed by atoms with Gasteiger partial charge in [-0.05, 0) is 97.1 Å². The Balaban J connectivity index is 0.00000794. The van der Waals surface area contributed by atoms with Crippen LogP contribution in [-0.4, -0.2) is 145 Å². The van der Waals surface area contributed by atoms with Gasteiger partial charge in [-0.2, -0.15) is 0 Å². The number of fused-ring (bicyclic) bond motifs is 1. The summed E-state index contributed by atoms with van der Waals surface area (Å²) in [5.41, 5.74) is 3.20. The lowest BCUT2D eigenvalue weighted by Gasteiger charge is -2.46. The minimum atomic E-state index is -1.26. The molecule has 2 aliphatic rings. The summed E-state index contributed by atoms with van der Waals surface area (Å²) >= 11 is 0. The van der Waals surface area contributed by atoms with Crippen LogP contribution in [0.2, 0.25) is 0 Å². The van der Waals surface area contributed by atoms with Crippen molar-refractivity contribution in [1.29, 1.82) is 0 Å². The average Bonchev–Trinajstić information content (AvgIpc) is 3.67. The Morgan fingerprint density at radius 2 is 1.77 bits per heavy atom. The van der Waals surface area contributed by atoms with Gasteiger partial charge in [0.25, 0.3) is 0 Å². The third kappa shape index (κ3) is 12.1. The molecular weight excluding hydrogens is 769 g/mol. The highest BCUT2D eigenvalue weighted by Crippen LogP contribution is 2.35. The molecule has 0 radical (unpaired) electrons. The smallest absolute Gasteiger partial charge is 0.308 e. The number of aliphatic hydroxyl groups excluding tert-OH is 4. The molecule has 0 bridgehead atoms. The van der Waals surface area contributed by atoms with Crippen LogP contribution in [0.25, 0.3) is 16.6 Å². The Labute approximate surface area is 355 Å². The topological polar surface area (TPSA) is 193 Å². The van der Waals surface area contributed by atoms with Gasteiger partial charge in [0.05, 0.1) is 66.6 Å². The first-order chi connectivity index (χ1) is 28.1. The van der Waals surface area contributed by atoms with Crippen molar-refractivity contribution in [3.05, 3.63) is 72.2 Å². The second-order valence-corrected chi connectivity index (χ2v) is 16.7. The Morgan fingerprint density at radius 3 is 2.47 bits per heavy atom. The highest BCUT2D eigenvalue weighted by Gasteiger charge is 2.47. The standard InChI is InChI=1S/C44H64N6O9.CH4/c1-9-38-31(25-51)20-26(2)15-16-36(52)27(3)21-30(17-19-49(8)23-32-24-50(47-46-32)35-14-10-13-34-33(35)12-11-18-45-34)43(28(4)37(53)22-39(54)58-38)59-44-42(56)40(48(6)7)41(55)29(5)57-44;/h10-16,18,20,24,27-31,37-38,40-44,51,53,55-56H,9,17,19,21-23,25H2,1-8H3;1H4/b16-15+,26-20+;/t27-,28+,29-,30+,31-,37-,38-,40?,41-,42?,43-,44+;/m1./s1. The lowest BCUT2D eigenvalue weighted by atomic mass is 9.79. The number of ether oxygens (including phenoxy) is 3. The number of hydrogen-bond acceptors (Lipinski definition) is 14. The molecule has 2 aromatic heterocycles. The molecule has 12 atom stereocenters.